The van der Waals surface area contributed by atoms with E-state index < -0.39 is 10.1 Å². The number of benzene rings is 1. The predicted molar refractivity (Wildman–Crippen MR) is 82.7 cm³/mol. The van der Waals surface area contributed by atoms with Crippen molar-refractivity contribution in [3.8, 4) is 0 Å². The molecule has 1 aliphatic heterocycles. The average Bonchev–Trinajstić information content (AvgIpc) is 2.66. The lowest BCUT2D eigenvalue weighted by Gasteiger charge is -2.20. The molecular formula is C12H16Cl2N2O3S. The quantitative estimate of drug-likeness (QED) is 0.836. The summed E-state index contributed by atoms with van der Waals surface area (Å²) in [7, 11) is -3.91. The van der Waals surface area contributed by atoms with Crippen molar-refractivity contribution in [1.29, 1.82) is 0 Å². The molecule has 5 nitrogen and oxygen atoms in total. The fourth-order valence-electron chi connectivity index (χ4n) is 2.29. The smallest absolute Gasteiger partial charge is 0.264 e. The summed E-state index contributed by atoms with van der Waals surface area (Å²) in [6, 6.07) is 3.62. The van der Waals surface area contributed by atoms with E-state index >= 15 is 0 Å². The van der Waals surface area contributed by atoms with Crippen molar-refractivity contribution in [2.45, 2.75) is 13.3 Å². The Morgan fingerprint density at radius 3 is 2.25 bits per heavy atom. The molecule has 20 heavy (non-hydrogen) atoms. The maximum absolute atomic E-state index is 10.8. The topological polar surface area (TPSA) is 60.9 Å². The van der Waals surface area contributed by atoms with E-state index in [0.717, 1.165) is 17.9 Å². The summed E-state index contributed by atoms with van der Waals surface area (Å²) in [5.41, 5.74) is 1.94. The molecule has 0 aliphatic carbocycles. The average molecular weight is 339 g/mol. The first-order valence-corrected chi connectivity index (χ1v) is 8.62. The number of nitrogens with zero attached hydrogens (tertiary/aromatic N) is 2. The van der Waals surface area contributed by atoms with E-state index in [1.54, 1.807) is 6.07 Å². The third-order valence-electron chi connectivity index (χ3n) is 3.25. The van der Waals surface area contributed by atoms with Gasteiger partial charge in [0.05, 0.1) is 33.8 Å². The van der Waals surface area contributed by atoms with Gasteiger partial charge in [-0.2, -0.15) is 8.42 Å². The standard InChI is InChI=1S/C12H16Cl2N2O3S/c1-2-15-8-16(4-3-5-20(17,18)19)12-7-10(14)9(13)6-11(12)15/h6-7H,2-5,8H2,1H3,(H,17,18,19). The molecule has 0 saturated carbocycles. The van der Waals surface area contributed by atoms with Crippen LogP contribution in [0.3, 0.4) is 0 Å². The fraction of sp³-hybridized carbons (Fsp3) is 0.500. The van der Waals surface area contributed by atoms with E-state index in [9.17, 15) is 8.42 Å². The second kappa shape index (κ2) is 5.97. The lowest BCUT2D eigenvalue weighted by atomic mass is 10.2. The largest absolute Gasteiger partial charge is 0.352 e. The zero-order valence-electron chi connectivity index (χ0n) is 11.0. The highest BCUT2D eigenvalue weighted by Gasteiger charge is 2.26. The Morgan fingerprint density at radius 2 is 1.75 bits per heavy atom. The van der Waals surface area contributed by atoms with Crippen LogP contribution in [0.1, 0.15) is 13.3 Å². The number of rotatable bonds is 5. The van der Waals surface area contributed by atoms with E-state index in [-0.39, 0.29) is 5.75 Å². The van der Waals surface area contributed by atoms with Crippen LogP contribution in [-0.4, -0.2) is 38.5 Å². The van der Waals surface area contributed by atoms with E-state index in [4.69, 9.17) is 27.8 Å². The first-order chi connectivity index (χ1) is 9.31. The third-order valence-corrected chi connectivity index (χ3v) is 4.78. The molecule has 0 radical (unpaired) electrons. The van der Waals surface area contributed by atoms with Crippen LogP contribution in [0.2, 0.25) is 10.0 Å². The molecule has 0 saturated heterocycles. The van der Waals surface area contributed by atoms with Gasteiger partial charge in [0.25, 0.3) is 10.1 Å². The number of hydrogen-bond donors (Lipinski definition) is 1. The van der Waals surface area contributed by atoms with Crippen molar-refractivity contribution >= 4 is 44.7 Å². The minimum Gasteiger partial charge on any atom is -0.352 e. The first-order valence-electron chi connectivity index (χ1n) is 6.26. The summed E-state index contributed by atoms with van der Waals surface area (Å²) in [6.45, 7) is 4.04. The molecule has 0 bridgehead atoms. The molecule has 8 heteroatoms. The van der Waals surface area contributed by atoms with Crippen molar-refractivity contribution in [3.05, 3.63) is 22.2 Å². The third kappa shape index (κ3) is 3.49. The Morgan fingerprint density at radius 1 is 1.20 bits per heavy atom. The molecule has 0 fully saturated rings. The Bertz CT molecular complexity index is 607. The zero-order valence-corrected chi connectivity index (χ0v) is 13.3. The first kappa shape index (κ1) is 15.7. The summed E-state index contributed by atoms with van der Waals surface area (Å²) in [5.74, 6) is -0.244. The van der Waals surface area contributed by atoms with Crippen LogP contribution in [0.15, 0.2) is 12.1 Å². The molecule has 1 aromatic carbocycles. The van der Waals surface area contributed by atoms with E-state index in [0.29, 0.717) is 29.7 Å². The van der Waals surface area contributed by atoms with Crippen LogP contribution < -0.4 is 9.80 Å². The molecule has 1 aromatic rings. The highest BCUT2D eigenvalue weighted by molar-refractivity contribution is 7.85. The highest BCUT2D eigenvalue weighted by atomic mass is 35.5. The maximum Gasteiger partial charge on any atom is 0.264 e. The normalized spacial score (nSPS) is 14.8. The van der Waals surface area contributed by atoms with Crippen LogP contribution in [0.4, 0.5) is 11.4 Å². The van der Waals surface area contributed by atoms with Gasteiger partial charge in [-0.25, -0.2) is 0 Å². The van der Waals surface area contributed by atoms with Crippen LogP contribution in [0, 0.1) is 0 Å². The van der Waals surface area contributed by atoms with Gasteiger partial charge in [-0.15, -0.1) is 0 Å². The number of anilines is 2. The molecule has 1 aliphatic rings. The Balaban J connectivity index is 2.16. The summed E-state index contributed by atoms with van der Waals surface area (Å²) in [6.07, 6.45) is 0.357. The van der Waals surface area contributed by atoms with Crippen LogP contribution in [-0.2, 0) is 10.1 Å². The van der Waals surface area contributed by atoms with Gasteiger partial charge < -0.3 is 9.80 Å². The molecule has 0 amide bonds. The molecule has 1 heterocycles. The Hall–Kier alpha value is -0.690. The second-order valence-electron chi connectivity index (χ2n) is 4.66. The van der Waals surface area contributed by atoms with Gasteiger partial charge in [-0.3, -0.25) is 4.55 Å². The molecule has 0 spiro atoms. The fourth-order valence-corrected chi connectivity index (χ4v) is 3.10. The van der Waals surface area contributed by atoms with Crippen molar-refractivity contribution in [3.63, 3.8) is 0 Å². The molecule has 0 aromatic heterocycles. The van der Waals surface area contributed by atoms with E-state index in [1.807, 2.05) is 17.9 Å². The van der Waals surface area contributed by atoms with Gasteiger partial charge in [0.15, 0.2) is 0 Å². The second-order valence-corrected chi connectivity index (χ2v) is 7.04. The van der Waals surface area contributed by atoms with E-state index in [1.165, 1.54) is 0 Å². The molecule has 2 rings (SSSR count). The maximum atomic E-state index is 10.8. The van der Waals surface area contributed by atoms with Gasteiger partial charge in [-0.1, -0.05) is 23.2 Å². The number of fused-ring (bicyclic) bond motifs is 1. The lowest BCUT2D eigenvalue weighted by molar-refractivity contribution is 0.481. The van der Waals surface area contributed by atoms with Gasteiger partial charge >= 0.3 is 0 Å². The highest BCUT2D eigenvalue weighted by Crippen LogP contribution is 2.41. The molecule has 1 N–H and O–H groups in total. The van der Waals surface area contributed by atoms with Crippen LogP contribution >= 0.6 is 23.2 Å². The number of hydrogen-bond acceptors (Lipinski definition) is 4. The summed E-state index contributed by atoms with van der Waals surface area (Å²) >= 11 is 12.1. The minimum atomic E-state index is -3.91. The summed E-state index contributed by atoms with van der Waals surface area (Å²) < 4.78 is 30.3. The van der Waals surface area contributed by atoms with Crippen molar-refractivity contribution in [1.82, 2.24) is 0 Å². The van der Waals surface area contributed by atoms with Crippen molar-refractivity contribution < 1.29 is 13.0 Å². The van der Waals surface area contributed by atoms with Gasteiger partial charge in [0, 0.05) is 13.1 Å². The van der Waals surface area contributed by atoms with Crippen molar-refractivity contribution in [2.75, 3.05) is 35.3 Å². The van der Waals surface area contributed by atoms with Crippen LogP contribution in [0.5, 0.6) is 0 Å². The zero-order chi connectivity index (χ0) is 14.9. The number of halogens is 2. The van der Waals surface area contributed by atoms with Gasteiger partial charge in [-0.05, 0) is 25.5 Å². The molecular weight excluding hydrogens is 323 g/mol. The summed E-state index contributed by atoms with van der Waals surface area (Å²) in [4.78, 5) is 4.16. The molecule has 0 unspecified atom stereocenters. The predicted octanol–water partition coefficient (Wildman–Crippen LogP) is 2.88. The monoisotopic (exact) mass is 338 g/mol. The molecule has 0 atom stereocenters. The summed E-state index contributed by atoms with van der Waals surface area (Å²) in [5, 5.41) is 0.979. The lowest BCUT2D eigenvalue weighted by Crippen LogP contribution is -2.32. The van der Waals surface area contributed by atoms with Crippen molar-refractivity contribution in [2.24, 2.45) is 0 Å². The minimum absolute atomic E-state index is 0.244. The Labute approximate surface area is 128 Å². The van der Waals surface area contributed by atoms with Gasteiger partial charge in [0.1, 0.15) is 0 Å². The van der Waals surface area contributed by atoms with E-state index in [2.05, 4.69) is 4.90 Å². The molecule has 112 valence electrons. The SMILES string of the molecule is CCN1CN(CCCS(=O)(=O)O)c2cc(Cl)c(Cl)cc21. The van der Waals surface area contributed by atoms with Gasteiger partial charge in [0.2, 0.25) is 0 Å². The Kier molecular flexibility index (Phi) is 4.69. The van der Waals surface area contributed by atoms with Crippen LogP contribution in [0.25, 0.3) is 0 Å².